The Balaban J connectivity index is 1.59. The average molecular weight is 419 g/mol. The zero-order valence-electron chi connectivity index (χ0n) is 15.9. The Bertz CT molecular complexity index is 1000. The van der Waals surface area contributed by atoms with Gasteiger partial charge in [-0.25, -0.2) is 12.8 Å². The van der Waals surface area contributed by atoms with E-state index in [1.54, 1.807) is 24.3 Å². The van der Waals surface area contributed by atoms with Gasteiger partial charge < -0.3 is 10.6 Å². The molecule has 1 heterocycles. The lowest BCUT2D eigenvalue weighted by atomic mass is 9.97. The fourth-order valence-electron chi connectivity index (χ4n) is 3.24. The minimum absolute atomic E-state index is 0.0385. The predicted molar refractivity (Wildman–Crippen MR) is 107 cm³/mol. The van der Waals surface area contributed by atoms with Gasteiger partial charge in [0.15, 0.2) is 0 Å². The van der Waals surface area contributed by atoms with Crippen LogP contribution >= 0.6 is 0 Å². The lowest BCUT2D eigenvalue weighted by Gasteiger charge is -2.30. The number of carbonyl (C=O) groups excluding carboxylic acids is 2. The zero-order chi connectivity index (χ0) is 21.0. The number of hydrogen-bond donors (Lipinski definition) is 2. The maximum absolute atomic E-state index is 13.0. The van der Waals surface area contributed by atoms with E-state index in [2.05, 4.69) is 10.6 Å². The third-order valence-electron chi connectivity index (χ3n) is 4.73. The van der Waals surface area contributed by atoms with E-state index in [1.165, 1.54) is 23.4 Å². The average Bonchev–Trinajstić information content (AvgIpc) is 2.68. The summed E-state index contributed by atoms with van der Waals surface area (Å²) in [6.07, 6.45) is 0.773. The van der Waals surface area contributed by atoms with Crippen molar-refractivity contribution < 1.29 is 22.4 Å². The van der Waals surface area contributed by atoms with Crippen molar-refractivity contribution in [3.63, 3.8) is 0 Å². The van der Waals surface area contributed by atoms with Crippen molar-refractivity contribution >= 4 is 33.2 Å². The van der Waals surface area contributed by atoms with E-state index in [1.807, 2.05) is 0 Å². The van der Waals surface area contributed by atoms with Crippen molar-refractivity contribution in [3.05, 3.63) is 54.3 Å². The number of halogens is 1. The fraction of sp³-hybridized carbons (Fsp3) is 0.300. The summed E-state index contributed by atoms with van der Waals surface area (Å²) in [5.74, 6) is -1.21. The molecule has 1 aliphatic rings. The van der Waals surface area contributed by atoms with Gasteiger partial charge in [0.1, 0.15) is 5.82 Å². The molecule has 0 bridgehead atoms. The standard InChI is InChI=1S/C20H22FN3O4S/c1-14(25)22-17-3-2-4-18(13-17)23-20(26)15-9-11-24(12-10-15)29(27,28)19-7-5-16(21)6-8-19/h2-8,13,15H,9-12H2,1H3,(H,22,25)(H,23,26). The van der Waals surface area contributed by atoms with Crippen molar-refractivity contribution in [1.82, 2.24) is 4.31 Å². The fourth-order valence-corrected chi connectivity index (χ4v) is 4.71. The van der Waals surface area contributed by atoms with Gasteiger partial charge in [0, 0.05) is 37.3 Å². The van der Waals surface area contributed by atoms with Crippen molar-refractivity contribution in [2.24, 2.45) is 5.92 Å². The Morgan fingerprint density at radius 2 is 1.59 bits per heavy atom. The second kappa shape index (κ2) is 8.71. The highest BCUT2D eigenvalue weighted by atomic mass is 32.2. The number of amides is 2. The molecule has 1 saturated heterocycles. The number of anilines is 2. The highest BCUT2D eigenvalue weighted by molar-refractivity contribution is 7.89. The lowest BCUT2D eigenvalue weighted by Crippen LogP contribution is -2.41. The third-order valence-corrected chi connectivity index (χ3v) is 6.64. The molecular formula is C20H22FN3O4S. The minimum Gasteiger partial charge on any atom is -0.326 e. The summed E-state index contributed by atoms with van der Waals surface area (Å²) >= 11 is 0. The van der Waals surface area contributed by atoms with Crippen LogP contribution in [0.25, 0.3) is 0 Å². The Labute approximate surface area is 169 Å². The first-order valence-corrected chi connectivity index (χ1v) is 10.6. The molecule has 0 aromatic heterocycles. The smallest absolute Gasteiger partial charge is 0.243 e. The van der Waals surface area contributed by atoms with Crippen LogP contribution in [-0.2, 0) is 19.6 Å². The maximum atomic E-state index is 13.0. The summed E-state index contributed by atoms with van der Waals surface area (Å²) < 4.78 is 39.7. The van der Waals surface area contributed by atoms with Crippen LogP contribution in [0.3, 0.4) is 0 Å². The van der Waals surface area contributed by atoms with E-state index in [-0.39, 0.29) is 35.7 Å². The number of piperidine rings is 1. The summed E-state index contributed by atoms with van der Waals surface area (Å²) in [6.45, 7) is 1.83. The van der Waals surface area contributed by atoms with Crippen molar-refractivity contribution in [2.75, 3.05) is 23.7 Å². The SMILES string of the molecule is CC(=O)Nc1cccc(NC(=O)C2CCN(S(=O)(=O)c3ccc(F)cc3)CC2)c1. The molecule has 0 spiro atoms. The van der Waals surface area contributed by atoms with Crippen LogP contribution in [0.4, 0.5) is 15.8 Å². The van der Waals surface area contributed by atoms with E-state index in [9.17, 15) is 22.4 Å². The van der Waals surface area contributed by atoms with E-state index in [0.29, 0.717) is 24.2 Å². The van der Waals surface area contributed by atoms with Crippen LogP contribution in [-0.4, -0.2) is 37.6 Å². The monoisotopic (exact) mass is 419 g/mol. The molecule has 7 nitrogen and oxygen atoms in total. The van der Waals surface area contributed by atoms with Crippen molar-refractivity contribution in [2.45, 2.75) is 24.7 Å². The molecule has 0 aliphatic carbocycles. The first-order valence-electron chi connectivity index (χ1n) is 9.20. The van der Waals surface area contributed by atoms with Gasteiger partial charge in [-0.15, -0.1) is 0 Å². The van der Waals surface area contributed by atoms with E-state index >= 15 is 0 Å². The van der Waals surface area contributed by atoms with Gasteiger partial charge in [0.05, 0.1) is 4.90 Å². The molecule has 2 N–H and O–H groups in total. The number of benzene rings is 2. The second-order valence-electron chi connectivity index (χ2n) is 6.88. The molecular weight excluding hydrogens is 397 g/mol. The molecule has 3 rings (SSSR count). The summed E-state index contributed by atoms with van der Waals surface area (Å²) in [6, 6.07) is 11.5. The topological polar surface area (TPSA) is 95.6 Å². The molecule has 0 unspecified atom stereocenters. The predicted octanol–water partition coefficient (Wildman–Crippen LogP) is 2.82. The highest BCUT2D eigenvalue weighted by Gasteiger charge is 2.32. The summed E-state index contributed by atoms with van der Waals surface area (Å²) in [5.41, 5.74) is 1.14. The number of nitrogens with zero attached hydrogens (tertiary/aromatic N) is 1. The van der Waals surface area contributed by atoms with Crippen LogP contribution in [0.5, 0.6) is 0 Å². The molecule has 2 aromatic rings. The molecule has 154 valence electrons. The normalized spacial score (nSPS) is 15.7. The molecule has 0 atom stereocenters. The Morgan fingerprint density at radius 3 is 2.17 bits per heavy atom. The van der Waals surface area contributed by atoms with E-state index in [4.69, 9.17) is 0 Å². The van der Waals surface area contributed by atoms with Gasteiger partial charge in [0.25, 0.3) is 0 Å². The number of sulfonamides is 1. The minimum atomic E-state index is -3.71. The lowest BCUT2D eigenvalue weighted by molar-refractivity contribution is -0.121. The largest absolute Gasteiger partial charge is 0.326 e. The first-order chi connectivity index (χ1) is 13.8. The molecule has 2 amide bonds. The van der Waals surface area contributed by atoms with Gasteiger partial charge in [-0.05, 0) is 55.3 Å². The van der Waals surface area contributed by atoms with Crippen molar-refractivity contribution in [3.8, 4) is 0 Å². The number of hydrogen-bond acceptors (Lipinski definition) is 4. The molecule has 29 heavy (non-hydrogen) atoms. The van der Waals surface area contributed by atoms with Crippen LogP contribution in [0.2, 0.25) is 0 Å². The third kappa shape index (κ3) is 5.18. The molecule has 1 fully saturated rings. The molecule has 0 saturated carbocycles. The van der Waals surface area contributed by atoms with E-state index in [0.717, 1.165) is 12.1 Å². The second-order valence-corrected chi connectivity index (χ2v) is 8.82. The first kappa shape index (κ1) is 20.9. The molecule has 0 radical (unpaired) electrons. The van der Waals surface area contributed by atoms with Gasteiger partial charge >= 0.3 is 0 Å². The quantitative estimate of drug-likeness (QED) is 0.779. The number of carbonyl (C=O) groups is 2. The highest BCUT2D eigenvalue weighted by Crippen LogP contribution is 2.25. The Hall–Kier alpha value is -2.78. The van der Waals surface area contributed by atoms with Crippen LogP contribution in [0.15, 0.2) is 53.4 Å². The number of rotatable bonds is 5. The van der Waals surface area contributed by atoms with Crippen LogP contribution < -0.4 is 10.6 Å². The molecule has 9 heteroatoms. The Morgan fingerprint density at radius 1 is 1.00 bits per heavy atom. The van der Waals surface area contributed by atoms with Crippen LogP contribution in [0, 0.1) is 11.7 Å². The number of nitrogens with one attached hydrogen (secondary N) is 2. The van der Waals surface area contributed by atoms with Gasteiger partial charge in [-0.1, -0.05) is 6.07 Å². The molecule has 2 aromatic carbocycles. The molecule has 1 aliphatic heterocycles. The van der Waals surface area contributed by atoms with Crippen LogP contribution in [0.1, 0.15) is 19.8 Å². The van der Waals surface area contributed by atoms with Gasteiger partial charge in [-0.2, -0.15) is 4.31 Å². The summed E-state index contributed by atoms with van der Waals surface area (Å²) in [5, 5.41) is 5.47. The van der Waals surface area contributed by atoms with Gasteiger partial charge in [-0.3, -0.25) is 9.59 Å². The summed E-state index contributed by atoms with van der Waals surface area (Å²) in [7, 11) is -3.71. The summed E-state index contributed by atoms with van der Waals surface area (Å²) in [4.78, 5) is 23.7. The van der Waals surface area contributed by atoms with Crippen molar-refractivity contribution in [1.29, 1.82) is 0 Å². The van der Waals surface area contributed by atoms with Gasteiger partial charge in [0.2, 0.25) is 21.8 Å². The Kier molecular flexibility index (Phi) is 6.29. The van der Waals surface area contributed by atoms with E-state index < -0.39 is 15.8 Å². The maximum Gasteiger partial charge on any atom is 0.243 e. The zero-order valence-corrected chi connectivity index (χ0v) is 16.7.